The van der Waals surface area contributed by atoms with E-state index in [-0.39, 0.29) is 11.6 Å². The maximum Gasteiger partial charge on any atom is 0.325 e. The van der Waals surface area contributed by atoms with Gasteiger partial charge in [-0.25, -0.2) is 4.79 Å². The molecule has 0 aromatic carbocycles. The second kappa shape index (κ2) is 8.74. The highest BCUT2D eigenvalue weighted by molar-refractivity contribution is 8.09. The average Bonchev–Trinajstić information content (AvgIpc) is 2.36. The number of carbonyl (C=O) groups is 1. The van der Waals surface area contributed by atoms with Crippen molar-refractivity contribution < 1.29 is 9.00 Å². The van der Waals surface area contributed by atoms with Crippen LogP contribution in [0.4, 0.5) is 0 Å². The first-order valence-corrected chi connectivity index (χ1v) is 9.37. The Labute approximate surface area is 134 Å². The Morgan fingerprint density at radius 1 is 1.41 bits per heavy atom. The van der Waals surface area contributed by atoms with Crippen molar-refractivity contribution in [2.45, 2.75) is 19.9 Å². The van der Waals surface area contributed by atoms with Crippen LogP contribution in [0.5, 0.6) is 0 Å². The zero-order chi connectivity index (χ0) is 16.7. The summed E-state index contributed by atoms with van der Waals surface area (Å²) in [6.45, 7) is 3.34. The third-order valence-corrected chi connectivity index (χ3v) is 5.52. The van der Waals surface area contributed by atoms with Crippen LogP contribution in [-0.4, -0.2) is 43.2 Å². The van der Waals surface area contributed by atoms with Crippen LogP contribution in [0, 0.1) is 6.92 Å². The van der Waals surface area contributed by atoms with Gasteiger partial charge in [-0.1, -0.05) is 0 Å². The number of hydrogen-bond acceptors (Lipinski definition) is 5. The number of aromatic nitrogens is 2. The second-order valence-electron chi connectivity index (χ2n) is 4.70. The topological polar surface area (TPSA) is 112 Å². The number of H-pyrrole nitrogens is 2. The predicted octanol–water partition coefficient (Wildman–Crippen LogP) is -0.0413. The second-order valence-corrected chi connectivity index (χ2v) is 7.44. The van der Waals surface area contributed by atoms with E-state index >= 15 is 0 Å². The highest BCUT2D eigenvalue weighted by Gasteiger charge is 2.09. The van der Waals surface area contributed by atoms with Crippen LogP contribution in [0.15, 0.2) is 15.7 Å². The molecular weight excluding hydrogens is 326 g/mol. The van der Waals surface area contributed by atoms with E-state index in [9.17, 15) is 18.6 Å². The lowest BCUT2D eigenvalue weighted by Crippen LogP contribution is -2.35. The van der Waals surface area contributed by atoms with Crippen LogP contribution < -0.4 is 16.6 Å². The molecule has 22 heavy (non-hydrogen) atoms. The molecule has 2 atom stereocenters. The average molecular weight is 345 g/mol. The lowest BCUT2D eigenvalue weighted by molar-refractivity contribution is -0.116. The molecule has 1 heterocycles. The number of rotatable bonds is 7. The molecule has 0 unspecified atom stereocenters. The van der Waals surface area contributed by atoms with Gasteiger partial charge in [-0.05, 0) is 26.2 Å². The highest BCUT2D eigenvalue weighted by Crippen LogP contribution is 2.00. The Kier molecular flexibility index (Phi) is 7.33. The van der Waals surface area contributed by atoms with Gasteiger partial charge in [-0.2, -0.15) is 11.8 Å². The first-order valence-electron chi connectivity index (χ1n) is 6.49. The molecule has 0 aliphatic carbocycles. The lowest BCUT2D eigenvalue weighted by atomic mass is 10.2. The van der Waals surface area contributed by atoms with Gasteiger partial charge in [-0.3, -0.25) is 18.8 Å². The van der Waals surface area contributed by atoms with E-state index in [1.165, 1.54) is 23.9 Å². The van der Waals surface area contributed by atoms with E-state index in [1.807, 2.05) is 6.26 Å². The largest absolute Gasteiger partial charge is 0.349 e. The molecule has 7 nitrogen and oxygen atoms in total. The number of hydrogen-bond donors (Lipinski definition) is 3. The Hall–Kier alpha value is -1.61. The number of nitrogens with one attached hydrogen (secondary N) is 3. The van der Waals surface area contributed by atoms with Crippen molar-refractivity contribution in [3.63, 3.8) is 0 Å². The molecule has 0 saturated heterocycles. The first kappa shape index (κ1) is 18.4. The molecular formula is C13H19N3O4S2. The summed E-state index contributed by atoms with van der Waals surface area (Å²) in [5, 5.41) is 3.21. The molecule has 0 fully saturated rings. The van der Waals surface area contributed by atoms with Crippen LogP contribution in [0.1, 0.15) is 18.2 Å². The summed E-state index contributed by atoms with van der Waals surface area (Å²) in [6, 6.07) is -0.236. The Morgan fingerprint density at radius 2 is 2.09 bits per heavy atom. The van der Waals surface area contributed by atoms with E-state index in [2.05, 4.69) is 15.3 Å². The number of aryl methyl sites for hydroxylation is 1. The Bertz CT molecular complexity index is 693. The molecule has 122 valence electrons. The van der Waals surface area contributed by atoms with Crippen LogP contribution >= 0.6 is 11.8 Å². The first-order chi connectivity index (χ1) is 10.3. The monoisotopic (exact) mass is 345 g/mol. The Balaban J connectivity index is 2.67. The van der Waals surface area contributed by atoms with Crippen molar-refractivity contribution in [3.05, 3.63) is 38.2 Å². The van der Waals surface area contributed by atoms with Gasteiger partial charge < -0.3 is 10.3 Å². The smallest absolute Gasteiger partial charge is 0.325 e. The van der Waals surface area contributed by atoms with Crippen LogP contribution in [0.3, 0.4) is 0 Å². The van der Waals surface area contributed by atoms with E-state index in [1.54, 1.807) is 13.8 Å². The molecule has 3 N–H and O–H groups in total. The summed E-state index contributed by atoms with van der Waals surface area (Å²) in [5.41, 5.74) is -0.547. The molecule has 0 radical (unpaired) electrons. The fourth-order valence-electron chi connectivity index (χ4n) is 1.76. The molecule has 0 saturated carbocycles. The van der Waals surface area contributed by atoms with Crippen molar-refractivity contribution in [1.29, 1.82) is 0 Å². The standard InChI is InChI=1S/C13H19N3O4S2/c1-8(6-22(20)7-21-3)14-11(17)5-4-10-9(2)15-13(19)16-12(10)18/h4-5,8H,6-7H2,1-3H3,(H,14,17)(H2,15,16,18,19)/b5-4+/t8-,22+/m0/s1. The minimum Gasteiger partial charge on any atom is -0.349 e. The number of amides is 1. The van der Waals surface area contributed by atoms with Crippen LogP contribution in [0.25, 0.3) is 6.08 Å². The Morgan fingerprint density at radius 3 is 2.68 bits per heavy atom. The van der Waals surface area contributed by atoms with Gasteiger partial charge >= 0.3 is 5.69 Å². The summed E-state index contributed by atoms with van der Waals surface area (Å²) in [4.78, 5) is 39.0. The molecule has 0 bridgehead atoms. The summed E-state index contributed by atoms with van der Waals surface area (Å²) in [5.74, 6) is -0.0164. The molecule has 0 aliphatic rings. The molecule has 0 spiro atoms. The maximum absolute atomic E-state index is 11.8. The molecule has 1 aromatic rings. The molecule has 1 amide bonds. The molecule has 1 rings (SSSR count). The predicted molar refractivity (Wildman–Crippen MR) is 90.5 cm³/mol. The quantitative estimate of drug-likeness (QED) is 0.600. The third-order valence-electron chi connectivity index (χ3n) is 2.65. The normalized spacial score (nSPS) is 14.0. The SMILES string of the molecule is CSC[S@](=O)C[C@H](C)NC(=O)/C=C/c1c(C)[nH]c(=O)[nH]c1=O. The highest BCUT2D eigenvalue weighted by atomic mass is 32.2. The molecule has 9 heteroatoms. The fourth-order valence-corrected chi connectivity index (χ4v) is 3.84. The van der Waals surface area contributed by atoms with Gasteiger partial charge in [0.1, 0.15) is 0 Å². The van der Waals surface area contributed by atoms with Crippen LogP contribution in [0.2, 0.25) is 0 Å². The van der Waals surface area contributed by atoms with Gasteiger partial charge in [0, 0.05) is 34.4 Å². The van der Waals surface area contributed by atoms with E-state index in [0.717, 1.165) is 0 Å². The van der Waals surface area contributed by atoms with Crippen molar-refractivity contribution in [2.24, 2.45) is 0 Å². The van der Waals surface area contributed by atoms with Gasteiger partial charge in [-0.15, -0.1) is 0 Å². The van der Waals surface area contributed by atoms with Gasteiger partial charge in [0.15, 0.2) is 0 Å². The van der Waals surface area contributed by atoms with Crippen molar-refractivity contribution >= 4 is 34.5 Å². The third kappa shape index (κ3) is 6.02. The zero-order valence-corrected chi connectivity index (χ0v) is 14.2. The zero-order valence-electron chi connectivity index (χ0n) is 12.6. The minimum atomic E-state index is -0.987. The summed E-state index contributed by atoms with van der Waals surface area (Å²) in [6.07, 6.45) is 4.42. The van der Waals surface area contributed by atoms with Gasteiger partial charge in [0.2, 0.25) is 5.91 Å². The minimum absolute atomic E-state index is 0.216. The van der Waals surface area contributed by atoms with Gasteiger partial charge in [0.25, 0.3) is 5.56 Å². The summed E-state index contributed by atoms with van der Waals surface area (Å²) >= 11 is 1.49. The number of aromatic amines is 2. The lowest BCUT2D eigenvalue weighted by Gasteiger charge is -2.11. The fraction of sp³-hybridized carbons (Fsp3) is 0.462. The number of thioether (sulfide) groups is 1. The maximum atomic E-state index is 11.8. The van der Waals surface area contributed by atoms with Crippen molar-refractivity contribution in [2.75, 3.05) is 17.1 Å². The molecule has 1 aromatic heterocycles. The summed E-state index contributed by atoms with van der Waals surface area (Å²) in [7, 11) is -0.987. The van der Waals surface area contributed by atoms with Crippen molar-refractivity contribution in [3.8, 4) is 0 Å². The molecule has 0 aliphatic heterocycles. The van der Waals surface area contributed by atoms with E-state index in [4.69, 9.17) is 0 Å². The van der Waals surface area contributed by atoms with E-state index in [0.29, 0.717) is 16.5 Å². The summed E-state index contributed by atoms with van der Waals surface area (Å²) < 4.78 is 11.6. The van der Waals surface area contributed by atoms with Crippen LogP contribution in [-0.2, 0) is 15.6 Å². The van der Waals surface area contributed by atoms with E-state index < -0.39 is 28.0 Å². The number of carbonyl (C=O) groups excluding carboxylic acids is 1. The van der Waals surface area contributed by atoms with Crippen molar-refractivity contribution in [1.82, 2.24) is 15.3 Å². The van der Waals surface area contributed by atoms with Gasteiger partial charge in [0.05, 0.1) is 10.6 Å².